The molecule has 23 heavy (non-hydrogen) atoms. The molecule has 0 aromatic heterocycles. The fourth-order valence-electron chi connectivity index (χ4n) is 2.49. The van der Waals surface area contributed by atoms with E-state index in [-0.39, 0.29) is 10.8 Å². The zero-order chi connectivity index (χ0) is 17.5. The minimum Gasteiger partial charge on any atom is -0.491 e. The predicted molar refractivity (Wildman–Crippen MR) is 93.9 cm³/mol. The average molecular weight is 340 g/mol. The highest BCUT2D eigenvalue weighted by molar-refractivity contribution is 7.89. The summed E-state index contributed by atoms with van der Waals surface area (Å²) in [6, 6.07) is 6.32. The highest BCUT2D eigenvalue weighted by Gasteiger charge is 2.17. The number of ether oxygens (including phenoxy) is 1. The Morgan fingerprint density at radius 3 is 2.22 bits per heavy atom. The summed E-state index contributed by atoms with van der Waals surface area (Å²) in [4.78, 5) is 0.0775. The maximum atomic E-state index is 11.4. The number of allylic oxidation sites excluding steroid dienone is 1. The smallest absolute Gasteiger partial charge is 0.238 e. The van der Waals surface area contributed by atoms with Gasteiger partial charge in [0.05, 0.1) is 17.2 Å². The van der Waals surface area contributed by atoms with E-state index in [0.717, 1.165) is 36.9 Å². The molecule has 130 valence electrons. The van der Waals surface area contributed by atoms with E-state index in [2.05, 4.69) is 13.8 Å². The van der Waals surface area contributed by atoms with Crippen LogP contribution >= 0.6 is 0 Å². The van der Waals surface area contributed by atoms with E-state index in [1.807, 2.05) is 6.92 Å². The van der Waals surface area contributed by atoms with Crippen LogP contribution in [0.25, 0.3) is 5.76 Å². The van der Waals surface area contributed by atoms with Crippen LogP contribution in [0.15, 0.2) is 34.9 Å². The van der Waals surface area contributed by atoms with E-state index >= 15 is 0 Å². The van der Waals surface area contributed by atoms with Crippen molar-refractivity contribution in [2.75, 3.05) is 6.61 Å². The fourth-order valence-corrected chi connectivity index (χ4v) is 3.00. The molecule has 0 aliphatic heterocycles. The third kappa shape index (κ3) is 5.55. The Balaban J connectivity index is 3.20. The minimum atomic E-state index is -3.70. The number of benzene rings is 1. The number of hydrogen-bond acceptors (Lipinski definition) is 4. The number of nitrogens with two attached hydrogens (primary N) is 2. The summed E-state index contributed by atoms with van der Waals surface area (Å²) in [6.45, 7) is 6.67. The quantitative estimate of drug-likeness (QED) is 0.675. The second kappa shape index (κ2) is 8.93. The molecule has 6 heteroatoms. The first kappa shape index (κ1) is 19.5. The number of rotatable bonds is 9. The van der Waals surface area contributed by atoms with Crippen LogP contribution in [0.5, 0.6) is 0 Å². The summed E-state index contributed by atoms with van der Waals surface area (Å²) in [5.74, 6) is 0.894. The summed E-state index contributed by atoms with van der Waals surface area (Å²) in [6.07, 6.45) is 4.20. The lowest BCUT2D eigenvalue weighted by Crippen LogP contribution is -2.16. The number of unbranched alkanes of at least 4 members (excludes halogenated alkanes) is 1. The summed E-state index contributed by atoms with van der Waals surface area (Å²) in [5, 5.41) is 5.13. The second-order valence-corrected chi connectivity index (χ2v) is 7.10. The molecular weight excluding hydrogens is 312 g/mol. The lowest BCUT2D eigenvalue weighted by molar-refractivity contribution is 0.290. The monoisotopic (exact) mass is 340 g/mol. The molecule has 1 atom stereocenters. The van der Waals surface area contributed by atoms with Crippen LogP contribution in [0, 0.1) is 5.92 Å². The van der Waals surface area contributed by atoms with Crippen LogP contribution in [-0.4, -0.2) is 15.0 Å². The van der Waals surface area contributed by atoms with Gasteiger partial charge in [0, 0.05) is 11.5 Å². The van der Waals surface area contributed by atoms with Gasteiger partial charge in [-0.25, -0.2) is 13.6 Å². The number of sulfonamides is 1. The molecule has 1 unspecified atom stereocenters. The largest absolute Gasteiger partial charge is 0.491 e. The summed E-state index contributed by atoms with van der Waals surface area (Å²) in [5.41, 5.74) is 7.87. The van der Waals surface area contributed by atoms with Crippen molar-refractivity contribution < 1.29 is 13.2 Å². The molecule has 0 spiro atoms. The van der Waals surface area contributed by atoms with Crippen LogP contribution in [0.4, 0.5) is 0 Å². The molecule has 4 N–H and O–H groups in total. The maximum absolute atomic E-state index is 11.4. The van der Waals surface area contributed by atoms with E-state index in [4.69, 9.17) is 15.6 Å². The van der Waals surface area contributed by atoms with Crippen molar-refractivity contribution in [3.63, 3.8) is 0 Å². The zero-order valence-electron chi connectivity index (χ0n) is 14.2. The van der Waals surface area contributed by atoms with Gasteiger partial charge in [-0.3, -0.25) is 0 Å². The molecule has 0 saturated carbocycles. The molecule has 0 radical (unpaired) electrons. The first-order valence-electron chi connectivity index (χ1n) is 8.10. The molecule has 0 aliphatic rings. The van der Waals surface area contributed by atoms with Gasteiger partial charge in [-0.15, -0.1) is 0 Å². The highest BCUT2D eigenvalue weighted by atomic mass is 32.2. The zero-order valence-corrected chi connectivity index (χ0v) is 15.0. The Kier molecular flexibility index (Phi) is 7.58. The van der Waals surface area contributed by atoms with E-state index in [9.17, 15) is 8.42 Å². The highest BCUT2D eigenvalue weighted by Crippen LogP contribution is 2.27. The van der Waals surface area contributed by atoms with Gasteiger partial charge in [-0.1, -0.05) is 26.7 Å². The summed E-state index contributed by atoms with van der Waals surface area (Å²) < 4.78 is 28.5. The first-order chi connectivity index (χ1) is 10.8. The Bertz CT molecular complexity index is 622. The normalized spacial score (nSPS) is 14.3. The molecule has 1 rings (SSSR count). The van der Waals surface area contributed by atoms with Crippen LogP contribution in [-0.2, 0) is 14.8 Å². The van der Waals surface area contributed by atoms with Gasteiger partial charge >= 0.3 is 0 Å². The Morgan fingerprint density at radius 1 is 1.17 bits per heavy atom. The molecule has 0 heterocycles. The van der Waals surface area contributed by atoms with Crippen molar-refractivity contribution in [1.29, 1.82) is 0 Å². The van der Waals surface area contributed by atoms with Gasteiger partial charge in [0.25, 0.3) is 0 Å². The van der Waals surface area contributed by atoms with Gasteiger partial charge < -0.3 is 10.5 Å². The molecule has 0 saturated heterocycles. The van der Waals surface area contributed by atoms with Crippen molar-refractivity contribution in [3.05, 3.63) is 35.5 Å². The molecule has 0 amide bonds. The van der Waals surface area contributed by atoms with Crippen molar-refractivity contribution in [2.45, 2.75) is 51.3 Å². The first-order valence-corrected chi connectivity index (χ1v) is 9.65. The molecule has 5 nitrogen and oxygen atoms in total. The van der Waals surface area contributed by atoms with Crippen molar-refractivity contribution >= 4 is 15.8 Å². The van der Waals surface area contributed by atoms with Gasteiger partial charge in [-0.05, 0) is 44.0 Å². The van der Waals surface area contributed by atoms with E-state index in [0.29, 0.717) is 12.4 Å². The lowest BCUT2D eigenvalue weighted by atomic mass is 9.94. The molecule has 0 bridgehead atoms. The van der Waals surface area contributed by atoms with Crippen LogP contribution in [0.3, 0.4) is 0 Å². The van der Waals surface area contributed by atoms with Gasteiger partial charge in [-0.2, -0.15) is 0 Å². The Morgan fingerprint density at radius 2 is 1.78 bits per heavy atom. The molecule has 1 aromatic carbocycles. The minimum absolute atomic E-state index is 0.0775. The van der Waals surface area contributed by atoms with E-state index in [1.165, 1.54) is 12.1 Å². The topological polar surface area (TPSA) is 95.4 Å². The summed E-state index contributed by atoms with van der Waals surface area (Å²) in [7, 11) is -3.70. The third-order valence-corrected chi connectivity index (χ3v) is 4.76. The van der Waals surface area contributed by atoms with Gasteiger partial charge in [0.15, 0.2) is 0 Å². The van der Waals surface area contributed by atoms with Crippen molar-refractivity contribution in [2.24, 2.45) is 16.8 Å². The fraction of sp³-hybridized carbons (Fsp3) is 0.529. The lowest BCUT2D eigenvalue weighted by Gasteiger charge is -2.20. The molecule has 0 aliphatic carbocycles. The standard InChI is InChI=1S/C17H28N2O3S/c1-4-7-8-13(5-2)16(18)17(22-6-3)14-9-11-15(12-10-14)23(19,20)21/h9-13H,4-8,18H2,1-3H3,(H2,19,20,21)/b17-16-. The SMILES string of the molecule is CCCCC(CC)/C(N)=C(/OCC)c1ccc(S(N)(=O)=O)cc1. The second-order valence-electron chi connectivity index (χ2n) is 5.53. The van der Waals surface area contributed by atoms with E-state index < -0.39 is 10.0 Å². The molecule has 0 fully saturated rings. The Labute approximate surface area is 139 Å². The van der Waals surface area contributed by atoms with Crippen LogP contribution in [0.2, 0.25) is 0 Å². The van der Waals surface area contributed by atoms with Gasteiger partial charge in [0.1, 0.15) is 5.76 Å². The average Bonchev–Trinajstić information content (AvgIpc) is 2.52. The Hall–Kier alpha value is -1.53. The third-order valence-electron chi connectivity index (χ3n) is 3.83. The summed E-state index contributed by atoms with van der Waals surface area (Å²) >= 11 is 0. The van der Waals surface area contributed by atoms with E-state index in [1.54, 1.807) is 12.1 Å². The maximum Gasteiger partial charge on any atom is 0.238 e. The molecule has 1 aromatic rings. The number of hydrogen-bond donors (Lipinski definition) is 2. The molecular formula is C17H28N2O3S. The van der Waals surface area contributed by atoms with Crippen molar-refractivity contribution in [3.8, 4) is 0 Å². The van der Waals surface area contributed by atoms with Crippen LogP contribution < -0.4 is 10.9 Å². The predicted octanol–water partition coefficient (Wildman–Crippen LogP) is 3.21. The van der Waals surface area contributed by atoms with Crippen molar-refractivity contribution in [1.82, 2.24) is 0 Å². The van der Waals surface area contributed by atoms with Crippen LogP contribution in [0.1, 0.15) is 52.0 Å². The van der Waals surface area contributed by atoms with Gasteiger partial charge in [0.2, 0.25) is 10.0 Å². The number of primary sulfonamides is 1.